The van der Waals surface area contributed by atoms with Gasteiger partial charge in [0, 0.05) is 20.7 Å². The van der Waals surface area contributed by atoms with E-state index in [1.165, 1.54) is 35.4 Å². The molecular formula is C30H23BrClN5O6S2. The second-order valence-corrected chi connectivity index (χ2v) is 13.3. The third kappa shape index (κ3) is 8.71. The van der Waals surface area contributed by atoms with Gasteiger partial charge in [-0.15, -0.1) is 5.10 Å². The molecule has 0 unspecified atom stereocenters. The Hall–Kier alpha value is -4.21. The number of ether oxygens (including phenoxy) is 1. The number of amidine groups is 1. The molecule has 2 amide bonds. The fraction of sp³-hybridized carbons (Fsp3) is 0.0667. The van der Waals surface area contributed by atoms with Gasteiger partial charge >= 0.3 is 0 Å². The molecule has 0 radical (unpaired) electrons. The van der Waals surface area contributed by atoms with Crippen LogP contribution in [0, 0.1) is 0 Å². The number of amides is 2. The van der Waals surface area contributed by atoms with Crippen molar-refractivity contribution in [1.29, 1.82) is 0 Å². The van der Waals surface area contributed by atoms with E-state index in [1.54, 1.807) is 42.6 Å². The van der Waals surface area contributed by atoms with Gasteiger partial charge in [-0.2, -0.15) is 5.10 Å². The van der Waals surface area contributed by atoms with Crippen LogP contribution in [-0.4, -0.2) is 43.1 Å². The second-order valence-electron chi connectivity index (χ2n) is 9.35. The Morgan fingerprint density at radius 2 is 1.91 bits per heavy atom. The highest BCUT2D eigenvalue weighted by molar-refractivity contribution is 9.10. The van der Waals surface area contributed by atoms with Crippen LogP contribution >= 0.6 is 39.3 Å². The average molecular weight is 729 g/mol. The Morgan fingerprint density at radius 1 is 1.11 bits per heavy atom. The number of nitrogens with zero attached hydrogens (tertiary/aromatic N) is 3. The van der Waals surface area contributed by atoms with Crippen molar-refractivity contribution in [2.75, 3.05) is 11.9 Å². The maximum Gasteiger partial charge on any atom is 0.267 e. The van der Waals surface area contributed by atoms with E-state index in [4.69, 9.17) is 25.9 Å². The Kier molecular flexibility index (Phi) is 10.2. The van der Waals surface area contributed by atoms with Crippen molar-refractivity contribution in [3.63, 3.8) is 0 Å². The largest absolute Gasteiger partial charge is 0.483 e. The number of furan rings is 1. The number of hydrogen-bond acceptors (Lipinski definition) is 9. The van der Waals surface area contributed by atoms with Crippen molar-refractivity contribution >= 4 is 84.3 Å². The molecular weight excluding hydrogens is 706 g/mol. The van der Waals surface area contributed by atoms with Crippen LogP contribution in [0.25, 0.3) is 6.08 Å². The molecule has 5 rings (SSSR count). The van der Waals surface area contributed by atoms with Gasteiger partial charge in [0.05, 0.1) is 28.8 Å². The van der Waals surface area contributed by atoms with E-state index in [1.807, 2.05) is 24.3 Å². The summed E-state index contributed by atoms with van der Waals surface area (Å²) in [5, 5.41) is 17.0. The summed E-state index contributed by atoms with van der Waals surface area (Å²) in [6.45, 7) is -0.240. The normalized spacial score (nSPS) is 15.4. The van der Waals surface area contributed by atoms with Crippen molar-refractivity contribution in [1.82, 2.24) is 4.90 Å². The smallest absolute Gasteiger partial charge is 0.267 e. The number of halogens is 2. The van der Waals surface area contributed by atoms with Gasteiger partial charge in [-0.25, -0.2) is 13.6 Å². The number of rotatable bonds is 10. The zero-order chi connectivity index (χ0) is 32.0. The van der Waals surface area contributed by atoms with Gasteiger partial charge < -0.3 is 14.5 Å². The predicted octanol–water partition coefficient (Wildman–Crippen LogP) is 5.87. The first-order valence-electron chi connectivity index (χ1n) is 13.0. The summed E-state index contributed by atoms with van der Waals surface area (Å²) in [4.78, 5) is 27.8. The van der Waals surface area contributed by atoms with Crippen LogP contribution in [0.1, 0.15) is 16.9 Å². The molecule has 0 spiro atoms. The predicted molar refractivity (Wildman–Crippen MR) is 177 cm³/mol. The van der Waals surface area contributed by atoms with Crippen LogP contribution in [-0.2, 0) is 26.2 Å². The van der Waals surface area contributed by atoms with Gasteiger partial charge in [0.1, 0.15) is 11.5 Å². The molecule has 11 nitrogen and oxygen atoms in total. The van der Waals surface area contributed by atoms with Crippen LogP contribution in [0.15, 0.2) is 114 Å². The summed E-state index contributed by atoms with van der Waals surface area (Å²) < 4.78 is 35.0. The number of nitrogens with two attached hydrogens (primary N) is 1. The fourth-order valence-corrected chi connectivity index (χ4v) is 6.02. The number of primary sulfonamides is 1. The second kappa shape index (κ2) is 14.3. The highest BCUT2D eigenvalue weighted by Gasteiger charge is 2.34. The van der Waals surface area contributed by atoms with Crippen LogP contribution in [0.5, 0.6) is 5.75 Å². The number of thioether (sulfide) groups is 1. The van der Waals surface area contributed by atoms with Crippen molar-refractivity contribution < 1.29 is 27.2 Å². The summed E-state index contributed by atoms with van der Waals surface area (Å²) >= 11 is 10.8. The van der Waals surface area contributed by atoms with E-state index in [0.29, 0.717) is 37.9 Å². The number of hydrogen-bond donors (Lipinski definition) is 2. The zero-order valence-electron chi connectivity index (χ0n) is 23.1. The van der Waals surface area contributed by atoms with Crippen molar-refractivity contribution in [3.05, 3.63) is 116 Å². The molecule has 1 fully saturated rings. The summed E-state index contributed by atoms with van der Waals surface area (Å²) in [5.41, 5.74) is 1.63. The Labute approximate surface area is 276 Å². The standard InChI is InChI=1S/C30H23BrClN5O6S2/c31-21-4-1-3-19(13-21)16-34-36-30-37(17-24-5-2-12-42-24)29(39)27(44-30)15-20-14-22(32)6-11-26(20)43-18-28(38)35-23-7-9-25(10-8-23)45(33,40)41/h1-16H,17-18H2,(H,35,38)(H2,33,40,41)/b27-15-,34-16+,36-30-. The lowest BCUT2D eigenvalue weighted by Gasteiger charge is -2.13. The third-order valence-electron chi connectivity index (χ3n) is 6.06. The quantitative estimate of drug-likeness (QED) is 0.118. The summed E-state index contributed by atoms with van der Waals surface area (Å²) in [6, 6.07) is 21.2. The number of carbonyl (C=O) groups excluding carboxylic acids is 2. The highest BCUT2D eigenvalue weighted by Crippen LogP contribution is 2.36. The van der Waals surface area contributed by atoms with Crippen LogP contribution in [0.3, 0.4) is 0 Å². The number of carbonyl (C=O) groups is 2. The molecule has 0 bridgehead atoms. The first-order chi connectivity index (χ1) is 21.5. The number of nitrogens with one attached hydrogen (secondary N) is 1. The van der Waals surface area contributed by atoms with E-state index in [2.05, 4.69) is 31.4 Å². The van der Waals surface area contributed by atoms with Crippen molar-refractivity contribution in [2.45, 2.75) is 11.4 Å². The monoisotopic (exact) mass is 727 g/mol. The molecule has 230 valence electrons. The lowest BCUT2D eigenvalue weighted by atomic mass is 10.2. The topological polar surface area (TPSA) is 157 Å². The number of benzene rings is 3. The minimum Gasteiger partial charge on any atom is -0.483 e. The molecule has 45 heavy (non-hydrogen) atoms. The molecule has 0 atom stereocenters. The maximum atomic E-state index is 13.5. The number of sulfonamides is 1. The lowest BCUT2D eigenvalue weighted by Crippen LogP contribution is -2.28. The van der Waals surface area contributed by atoms with Crippen LogP contribution in [0.2, 0.25) is 5.02 Å². The van der Waals surface area contributed by atoms with Gasteiger partial charge in [-0.05, 0) is 90.1 Å². The van der Waals surface area contributed by atoms with Crippen molar-refractivity contribution in [2.24, 2.45) is 15.3 Å². The molecule has 1 saturated heterocycles. The average Bonchev–Trinajstić information content (AvgIpc) is 3.61. The first kappa shape index (κ1) is 32.2. The van der Waals surface area contributed by atoms with Crippen LogP contribution < -0.4 is 15.2 Å². The Bertz CT molecular complexity index is 1930. The fourth-order valence-electron chi connectivity index (χ4n) is 3.99. The summed E-state index contributed by atoms with van der Waals surface area (Å²) in [6.07, 6.45) is 4.71. The maximum absolute atomic E-state index is 13.5. The van der Waals surface area contributed by atoms with Crippen molar-refractivity contribution in [3.8, 4) is 5.75 Å². The minimum atomic E-state index is -3.86. The molecule has 2 heterocycles. The zero-order valence-corrected chi connectivity index (χ0v) is 27.1. The van der Waals surface area contributed by atoms with Gasteiger partial charge in [0.15, 0.2) is 11.8 Å². The summed E-state index contributed by atoms with van der Waals surface area (Å²) in [7, 11) is -3.86. The SMILES string of the molecule is NS(=O)(=O)c1ccc(NC(=O)COc2ccc(Cl)cc2/C=C2\S/C(=N\N=C\c3cccc(Br)c3)N(Cc3ccco3)C2=O)cc1. The molecule has 4 aromatic rings. The molecule has 0 saturated carbocycles. The molecule has 15 heteroatoms. The summed E-state index contributed by atoms with van der Waals surface area (Å²) in [5.74, 6) is 0.0293. The molecule has 3 N–H and O–H groups in total. The first-order valence-corrected chi connectivity index (χ1v) is 16.5. The molecule has 3 aromatic carbocycles. The third-order valence-corrected chi connectivity index (χ3v) is 8.72. The number of anilines is 1. The van der Waals surface area contributed by atoms with Gasteiger partial charge in [0.2, 0.25) is 10.0 Å². The lowest BCUT2D eigenvalue weighted by molar-refractivity contribution is -0.122. The highest BCUT2D eigenvalue weighted by atomic mass is 79.9. The van der Waals surface area contributed by atoms with Crippen LogP contribution in [0.4, 0.5) is 5.69 Å². The van der Waals surface area contributed by atoms with E-state index in [9.17, 15) is 18.0 Å². The molecule has 0 aliphatic carbocycles. The minimum absolute atomic E-state index is 0.0814. The molecule has 1 aromatic heterocycles. The van der Waals surface area contributed by atoms with E-state index >= 15 is 0 Å². The van der Waals surface area contributed by atoms with E-state index in [-0.39, 0.29) is 24.0 Å². The van der Waals surface area contributed by atoms with Gasteiger partial charge in [-0.3, -0.25) is 14.5 Å². The van der Waals surface area contributed by atoms with E-state index in [0.717, 1.165) is 21.8 Å². The van der Waals surface area contributed by atoms with Gasteiger partial charge in [0.25, 0.3) is 11.8 Å². The van der Waals surface area contributed by atoms with E-state index < -0.39 is 15.9 Å². The Morgan fingerprint density at radius 3 is 2.62 bits per heavy atom. The Balaban J connectivity index is 1.34. The molecule has 1 aliphatic rings. The van der Waals surface area contributed by atoms with Gasteiger partial charge in [-0.1, -0.05) is 39.7 Å². The molecule has 1 aliphatic heterocycles.